The third kappa shape index (κ3) is 2.95. The zero-order valence-electron chi connectivity index (χ0n) is 17.4. The fraction of sp³-hybridized carbons (Fsp3) is 0.154. The van der Waals surface area contributed by atoms with E-state index in [0.29, 0.717) is 5.56 Å². The van der Waals surface area contributed by atoms with E-state index in [1.165, 1.54) is 24.3 Å². The average molecular weight is 438 g/mol. The van der Waals surface area contributed by atoms with E-state index in [4.69, 9.17) is 5.73 Å². The molecule has 2 aliphatic rings. The zero-order valence-corrected chi connectivity index (χ0v) is 17.4. The minimum Gasteiger partial charge on any atom is -0.368 e. The first-order valence-corrected chi connectivity index (χ1v) is 10.5. The molecular weight excluding hydrogens is 419 g/mol. The molecular formula is C26H19FN4O2. The number of para-hydroxylation sites is 1. The molecule has 2 aromatic carbocycles. The maximum Gasteiger partial charge on any atom is 0.241 e. The standard InChI is InChI=1S/C26H19FN4O2/c27-19-8-5-18(6-9-19)24(32)23-22(17-11-13-30-14-12-17)26(15-28,25(29)33)21-10-7-16-3-1-2-4-20(16)31(21)23/h1-14,21-23H,(H2,29,33)/t21-,22+,23-,26+/m0/s1. The van der Waals surface area contributed by atoms with Crippen molar-refractivity contribution in [2.75, 3.05) is 4.90 Å². The molecule has 3 heterocycles. The van der Waals surface area contributed by atoms with Crippen LogP contribution in [-0.2, 0) is 4.79 Å². The van der Waals surface area contributed by atoms with Crippen LogP contribution < -0.4 is 10.6 Å². The summed E-state index contributed by atoms with van der Waals surface area (Å²) in [4.78, 5) is 32.9. The molecule has 1 fully saturated rings. The number of primary amides is 1. The summed E-state index contributed by atoms with van der Waals surface area (Å²) in [5.41, 5.74) is 6.67. The Morgan fingerprint density at radius 2 is 1.76 bits per heavy atom. The van der Waals surface area contributed by atoms with E-state index in [-0.39, 0.29) is 11.3 Å². The number of pyridine rings is 1. The number of benzene rings is 2. The second-order valence-electron chi connectivity index (χ2n) is 8.19. The average Bonchev–Trinajstić information content (AvgIpc) is 3.16. The van der Waals surface area contributed by atoms with E-state index in [2.05, 4.69) is 11.1 Å². The molecule has 1 amide bonds. The number of ketones is 1. The molecule has 0 spiro atoms. The van der Waals surface area contributed by atoms with Crippen LogP contribution in [0, 0.1) is 22.6 Å². The molecule has 0 radical (unpaired) electrons. The number of nitrogens with zero attached hydrogens (tertiary/aromatic N) is 3. The van der Waals surface area contributed by atoms with E-state index >= 15 is 0 Å². The number of rotatable bonds is 4. The number of hydrogen-bond acceptors (Lipinski definition) is 5. The summed E-state index contributed by atoms with van der Waals surface area (Å²) in [5, 5.41) is 10.4. The lowest BCUT2D eigenvalue weighted by Crippen LogP contribution is -2.49. The quantitative estimate of drug-likeness (QED) is 0.629. The lowest BCUT2D eigenvalue weighted by molar-refractivity contribution is -0.125. The van der Waals surface area contributed by atoms with Gasteiger partial charge in [-0.3, -0.25) is 14.6 Å². The topological polar surface area (TPSA) is 100 Å². The summed E-state index contributed by atoms with van der Waals surface area (Å²) in [6, 6.07) is 16.6. The molecule has 4 atom stereocenters. The highest BCUT2D eigenvalue weighted by Crippen LogP contribution is 2.55. The molecule has 33 heavy (non-hydrogen) atoms. The van der Waals surface area contributed by atoms with Crippen LogP contribution in [0.15, 0.2) is 79.1 Å². The number of hydrogen-bond donors (Lipinski definition) is 1. The van der Waals surface area contributed by atoms with E-state index in [1.54, 1.807) is 30.6 Å². The molecule has 5 rings (SSSR count). The van der Waals surface area contributed by atoms with Gasteiger partial charge in [0.2, 0.25) is 5.91 Å². The van der Waals surface area contributed by atoms with Crippen LogP contribution in [0.5, 0.6) is 0 Å². The lowest BCUT2D eigenvalue weighted by atomic mass is 9.67. The number of nitrogens with two attached hydrogens (primary N) is 1. The summed E-state index contributed by atoms with van der Waals surface area (Å²) in [5.74, 6) is -2.47. The fourth-order valence-electron chi connectivity index (χ4n) is 5.16. The van der Waals surface area contributed by atoms with Gasteiger partial charge in [-0.2, -0.15) is 5.26 Å². The molecule has 0 bridgehead atoms. The van der Waals surface area contributed by atoms with Crippen LogP contribution in [0.2, 0.25) is 0 Å². The first kappa shape index (κ1) is 20.6. The molecule has 1 aromatic heterocycles. The van der Waals surface area contributed by atoms with Crippen molar-refractivity contribution in [2.24, 2.45) is 11.1 Å². The molecule has 3 aromatic rings. The van der Waals surface area contributed by atoms with Gasteiger partial charge in [-0.05, 0) is 53.6 Å². The van der Waals surface area contributed by atoms with Crippen LogP contribution in [0.25, 0.3) is 6.08 Å². The largest absolute Gasteiger partial charge is 0.368 e. The van der Waals surface area contributed by atoms with E-state index < -0.39 is 35.1 Å². The number of amides is 1. The van der Waals surface area contributed by atoms with Gasteiger partial charge in [0.05, 0.1) is 12.1 Å². The van der Waals surface area contributed by atoms with Crippen LogP contribution in [0.3, 0.4) is 0 Å². The molecule has 2 aliphatic heterocycles. The highest BCUT2D eigenvalue weighted by atomic mass is 19.1. The normalized spacial score (nSPS) is 25.1. The number of carbonyl (C=O) groups is 2. The Labute approximate surface area is 189 Å². The monoisotopic (exact) mass is 438 g/mol. The SMILES string of the molecule is N#C[C@]1(C(N)=O)[C@H](c2ccncc2)[C@@H](C(=O)c2ccc(F)cc2)N2c3ccccc3C=C[C@H]21. The van der Waals surface area contributed by atoms with Crippen LogP contribution >= 0.6 is 0 Å². The van der Waals surface area contributed by atoms with Gasteiger partial charge in [-0.15, -0.1) is 0 Å². The molecule has 6 nitrogen and oxygen atoms in total. The zero-order chi connectivity index (χ0) is 23.2. The molecule has 2 N–H and O–H groups in total. The third-order valence-electron chi connectivity index (χ3n) is 6.60. The van der Waals surface area contributed by atoms with Crippen molar-refractivity contribution < 1.29 is 14.0 Å². The molecule has 7 heteroatoms. The maximum atomic E-state index is 14.0. The first-order chi connectivity index (χ1) is 16.0. The minimum absolute atomic E-state index is 0.282. The van der Waals surface area contributed by atoms with Crippen molar-refractivity contribution in [1.82, 2.24) is 4.98 Å². The second kappa shape index (κ2) is 7.68. The fourth-order valence-corrected chi connectivity index (χ4v) is 5.16. The van der Waals surface area contributed by atoms with Crippen LogP contribution in [0.1, 0.15) is 27.4 Å². The summed E-state index contributed by atoms with van der Waals surface area (Å²) < 4.78 is 13.6. The summed E-state index contributed by atoms with van der Waals surface area (Å²) >= 11 is 0. The van der Waals surface area contributed by atoms with Crippen molar-refractivity contribution >= 4 is 23.5 Å². The Bertz CT molecular complexity index is 1320. The van der Waals surface area contributed by atoms with Crippen molar-refractivity contribution in [3.05, 3.63) is 102 Å². The van der Waals surface area contributed by atoms with E-state index in [1.807, 2.05) is 35.2 Å². The first-order valence-electron chi connectivity index (χ1n) is 10.5. The minimum atomic E-state index is -1.72. The highest BCUT2D eigenvalue weighted by molar-refractivity contribution is 6.06. The molecule has 1 saturated heterocycles. The van der Waals surface area contributed by atoms with Crippen molar-refractivity contribution in [3.8, 4) is 6.07 Å². The highest BCUT2D eigenvalue weighted by Gasteiger charge is 2.65. The van der Waals surface area contributed by atoms with Gasteiger partial charge in [-0.1, -0.05) is 30.4 Å². The number of anilines is 1. The summed E-state index contributed by atoms with van der Waals surface area (Å²) in [6.07, 6.45) is 6.72. The van der Waals surface area contributed by atoms with Gasteiger partial charge in [0.1, 0.15) is 11.9 Å². The van der Waals surface area contributed by atoms with Gasteiger partial charge in [-0.25, -0.2) is 4.39 Å². The Kier molecular flexibility index (Phi) is 4.79. The lowest BCUT2D eigenvalue weighted by Gasteiger charge is -2.36. The van der Waals surface area contributed by atoms with E-state index in [9.17, 15) is 19.2 Å². The smallest absolute Gasteiger partial charge is 0.241 e. The van der Waals surface area contributed by atoms with Crippen molar-refractivity contribution in [3.63, 3.8) is 0 Å². The Morgan fingerprint density at radius 1 is 1.06 bits per heavy atom. The second-order valence-corrected chi connectivity index (χ2v) is 8.19. The van der Waals surface area contributed by atoms with Crippen molar-refractivity contribution in [2.45, 2.75) is 18.0 Å². The van der Waals surface area contributed by atoms with Crippen LogP contribution in [0.4, 0.5) is 10.1 Å². The number of Topliss-reactive ketones (excluding diaryl/α,β-unsaturated/α-hetero) is 1. The van der Waals surface area contributed by atoms with Gasteiger partial charge in [0.15, 0.2) is 11.2 Å². The predicted molar refractivity (Wildman–Crippen MR) is 120 cm³/mol. The number of halogens is 1. The Morgan fingerprint density at radius 3 is 2.42 bits per heavy atom. The van der Waals surface area contributed by atoms with Gasteiger partial charge in [0.25, 0.3) is 0 Å². The summed E-state index contributed by atoms with van der Waals surface area (Å²) in [6.45, 7) is 0. The Hall–Kier alpha value is -4.31. The number of carbonyl (C=O) groups excluding carboxylic acids is 2. The van der Waals surface area contributed by atoms with Crippen molar-refractivity contribution in [1.29, 1.82) is 5.26 Å². The van der Waals surface area contributed by atoms with E-state index in [0.717, 1.165) is 11.3 Å². The molecule has 0 unspecified atom stereocenters. The number of fused-ring (bicyclic) bond motifs is 3. The van der Waals surface area contributed by atoms with Gasteiger partial charge in [0, 0.05) is 29.6 Å². The maximum absolute atomic E-state index is 14.0. The predicted octanol–water partition coefficient (Wildman–Crippen LogP) is 3.47. The van der Waals surface area contributed by atoms with Gasteiger partial charge >= 0.3 is 0 Å². The van der Waals surface area contributed by atoms with Gasteiger partial charge < -0.3 is 10.6 Å². The molecule has 162 valence electrons. The summed E-state index contributed by atoms with van der Waals surface area (Å²) in [7, 11) is 0. The number of nitriles is 1. The number of aromatic nitrogens is 1. The third-order valence-corrected chi connectivity index (χ3v) is 6.60. The molecule has 0 saturated carbocycles. The van der Waals surface area contributed by atoms with Crippen LogP contribution in [-0.4, -0.2) is 28.8 Å². The molecule has 0 aliphatic carbocycles. The Balaban J connectivity index is 1.80.